The third-order valence-corrected chi connectivity index (χ3v) is 3.33. The van der Waals surface area contributed by atoms with Crippen LogP contribution in [0, 0.1) is 11.7 Å². The van der Waals surface area contributed by atoms with Gasteiger partial charge in [0, 0.05) is 5.38 Å². The van der Waals surface area contributed by atoms with Crippen molar-refractivity contribution in [2.24, 2.45) is 5.92 Å². The van der Waals surface area contributed by atoms with E-state index in [-0.39, 0.29) is 5.82 Å². The molecule has 1 atom stereocenters. The molecule has 0 aliphatic heterocycles. The highest BCUT2D eigenvalue weighted by atomic mass is 35.5. The first kappa shape index (κ1) is 9.97. The van der Waals surface area contributed by atoms with Gasteiger partial charge in [0.05, 0.1) is 0 Å². The Labute approximate surface area is 89.1 Å². The maximum atomic E-state index is 12.6. The van der Waals surface area contributed by atoms with E-state index in [1.165, 1.54) is 30.5 Å². The molecule has 0 heterocycles. The predicted molar refractivity (Wildman–Crippen MR) is 57.1 cm³/mol. The van der Waals surface area contributed by atoms with Crippen LogP contribution in [-0.2, 0) is 6.42 Å². The van der Waals surface area contributed by atoms with Gasteiger partial charge >= 0.3 is 0 Å². The zero-order valence-electron chi connectivity index (χ0n) is 8.05. The summed E-state index contributed by atoms with van der Waals surface area (Å²) >= 11 is 6.19. The number of benzene rings is 1. The van der Waals surface area contributed by atoms with Crippen molar-refractivity contribution in [3.63, 3.8) is 0 Å². The van der Waals surface area contributed by atoms with E-state index in [0.29, 0.717) is 5.38 Å². The van der Waals surface area contributed by atoms with Crippen molar-refractivity contribution in [3.05, 3.63) is 35.6 Å². The van der Waals surface area contributed by atoms with Crippen molar-refractivity contribution in [1.82, 2.24) is 0 Å². The van der Waals surface area contributed by atoms with Crippen LogP contribution in [0.4, 0.5) is 4.39 Å². The van der Waals surface area contributed by atoms with E-state index >= 15 is 0 Å². The number of aryl methyl sites for hydroxylation is 1. The summed E-state index contributed by atoms with van der Waals surface area (Å²) in [5.74, 6) is 0.579. The quantitative estimate of drug-likeness (QED) is 0.667. The zero-order valence-corrected chi connectivity index (χ0v) is 8.80. The Morgan fingerprint density at radius 2 is 1.93 bits per heavy atom. The molecule has 1 fully saturated rings. The Balaban J connectivity index is 1.82. The van der Waals surface area contributed by atoms with Crippen molar-refractivity contribution >= 4 is 11.6 Å². The minimum absolute atomic E-state index is 0.168. The highest BCUT2D eigenvalue weighted by Gasteiger charge is 2.28. The summed E-state index contributed by atoms with van der Waals surface area (Å²) in [5, 5.41) is 0.319. The largest absolute Gasteiger partial charge is 0.207 e. The lowest BCUT2D eigenvalue weighted by Gasteiger charge is -2.07. The minimum Gasteiger partial charge on any atom is -0.207 e. The molecule has 1 saturated carbocycles. The summed E-state index contributed by atoms with van der Waals surface area (Å²) < 4.78 is 12.6. The first-order valence-electron chi connectivity index (χ1n) is 5.14. The number of hydrogen-bond acceptors (Lipinski definition) is 0. The van der Waals surface area contributed by atoms with E-state index in [1.807, 2.05) is 12.1 Å². The average molecular weight is 213 g/mol. The molecule has 0 spiro atoms. The standard InChI is InChI=1S/C12H14ClF/c13-12(10-4-5-10)8-3-9-1-6-11(14)7-2-9/h1-2,6-7,10,12H,3-5,8H2. The molecule has 0 N–H and O–H groups in total. The van der Waals surface area contributed by atoms with Gasteiger partial charge in [-0.1, -0.05) is 12.1 Å². The van der Waals surface area contributed by atoms with Gasteiger partial charge in [0.25, 0.3) is 0 Å². The van der Waals surface area contributed by atoms with E-state index in [0.717, 1.165) is 18.8 Å². The molecule has 0 saturated heterocycles. The molecule has 1 aliphatic rings. The molecule has 1 unspecified atom stereocenters. The number of hydrogen-bond donors (Lipinski definition) is 0. The van der Waals surface area contributed by atoms with Crippen molar-refractivity contribution < 1.29 is 4.39 Å². The zero-order chi connectivity index (χ0) is 9.97. The normalized spacial score (nSPS) is 18.1. The van der Waals surface area contributed by atoms with Crippen LogP contribution >= 0.6 is 11.6 Å². The monoisotopic (exact) mass is 212 g/mol. The third-order valence-electron chi connectivity index (χ3n) is 2.76. The Bertz CT molecular complexity index is 290. The van der Waals surface area contributed by atoms with E-state index in [1.54, 1.807) is 0 Å². The number of alkyl halides is 1. The van der Waals surface area contributed by atoms with E-state index in [4.69, 9.17) is 11.6 Å². The van der Waals surface area contributed by atoms with Gasteiger partial charge < -0.3 is 0 Å². The molecular weight excluding hydrogens is 199 g/mol. The summed E-state index contributed by atoms with van der Waals surface area (Å²) in [4.78, 5) is 0. The highest BCUT2D eigenvalue weighted by molar-refractivity contribution is 6.20. The maximum absolute atomic E-state index is 12.6. The van der Waals surface area contributed by atoms with Gasteiger partial charge in [-0.05, 0) is 49.3 Å². The fourth-order valence-electron chi connectivity index (χ4n) is 1.65. The summed E-state index contributed by atoms with van der Waals surface area (Å²) in [7, 11) is 0. The predicted octanol–water partition coefficient (Wildman–Crippen LogP) is 3.78. The van der Waals surface area contributed by atoms with Gasteiger partial charge in [0.15, 0.2) is 0 Å². The van der Waals surface area contributed by atoms with Crippen molar-refractivity contribution in [2.75, 3.05) is 0 Å². The van der Waals surface area contributed by atoms with Crippen LogP contribution in [0.1, 0.15) is 24.8 Å². The maximum Gasteiger partial charge on any atom is 0.123 e. The summed E-state index contributed by atoms with van der Waals surface area (Å²) in [6, 6.07) is 6.70. The second-order valence-electron chi connectivity index (χ2n) is 4.02. The minimum atomic E-state index is -0.168. The van der Waals surface area contributed by atoms with Crippen LogP contribution in [0.2, 0.25) is 0 Å². The smallest absolute Gasteiger partial charge is 0.123 e. The summed E-state index contributed by atoms with van der Waals surface area (Å²) in [5.41, 5.74) is 1.18. The van der Waals surface area contributed by atoms with Crippen LogP contribution in [0.5, 0.6) is 0 Å². The van der Waals surface area contributed by atoms with Crippen LogP contribution in [0.25, 0.3) is 0 Å². The molecule has 14 heavy (non-hydrogen) atoms. The topological polar surface area (TPSA) is 0 Å². The second kappa shape index (κ2) is 4.31. The first-order chi connectivity index (χ1) is 6.75. The highest BCUT2D eigenvalue weighted by Crippen LogP contribution is 2.37. The average Bonchev–Trinajstić information content (AvgIpc) is 3.00. The van der Waals surface area contributed by atoms with Gasteiger partial charge in [0.2, 0.25) is 0 Å². The fraction of sp³-hybridized carbons (Fsp3) is 0.500. The van der Waals surface area contributed by atoms with Gasteiger partial charge in [-0.2, -0.15) is 0 Å². The molecule has 0 bridgehead atoms. The SMILES string of the molecule is Fc1ccc(CCC(Cl)C2CC2)cc1. The molecule has 0 nitrogen and oxygen atoms in total. The molecule has 2 rings (SSSR count). The number of rotatable bonds is 4. The Hall–Kier alpha value is -0.560. The van der Waals surface area contributed by atoms with Crippen molar-refractivity contribution in [2.45, 2.75) is 31.1 Å². The van der Waals surface area contributed by atoms with Gasteiger partial charge in [-0.3, -0.25) is 0 Å². The molecule has 0 radical (unpaired) electrons. The van der Waals surface area contributed by atoms with Gasteiger partial charge in [0.1, 0.15) is 5.82 Å². The van der Waals surface area contributed by atoms with Gasteiger partial charge in [-0.25, -0.2) is 4.39 Å². The molecule has 0 aromatic heterocycles. The van der Waals surface area contributed by atoms with Crippen molar-refractivity contribution in [1.29, 1.82) is 0 Å². The lowest BCUT2D eigenvalue weighted by molar-refractivity contribution is 0.625. The van der Waals surface area contributed by atoms with E-state index < -0.39 is 0 Å². The molecule has 2 heteroatoms. The lowest BCUT2D eigenvalue weighted by atomic mass is 10.1. The molecule has 0 amide bonds. The second-order valence-corrected chi connectivity index (χ2v) is 4.58. The molecule has 1 aromatic rings. The molecule has 1 aromatic carbocycles. The summed E-state index contributed by atoms with van der Waals surface area (Å²) in [6.07, 6.45) is 4.55. The van der Waals surface area contributed by atoms with Crippen LogP contribution in [-0.4, -0.2) is 5.38 Å². The number of halogens is 2. The summed E-state index contributed by atoms with van der Waals surface area (Å²) in [6.45, 7) is 0. The molecular formula is C12H14ClF. The Morgan fingerprint density at radius 3 is 2.50 bits per heavy atom. The van der Waals surface area contributed by atoms with E-state index in [2.05, 4.69) is 0 Å². The lowest BCUT2D eigenvalue weighted by Crippen LogP contribution is -2.02. The van der Waals surface area contributed by atoms with Crippen LogP contribution in [0.3, 0.4) is 0 Å². The molecule has 1 aliphatic carbocycles. The fourth-order valence-corrected chi connectivity index (χ4v) is 2.01. The Kier molecular flexibility index (Phi) is 3.07. The van der Waals surface area contributed by atoms with Crippen molar-refractivity contribution in [3.8, 4) is 0 Å². The van der Waals surface area contributed by atoms with Crippen LogP contribution in [0.15, 0.2) is 24.3 Å². The third kappa shape index (κ3) is 2.71. The van der Waals surface area contributed by atoms with Crippen LogP contribution < -0.4 is 0 Å². The van der Waals surface area contributed by atoms with Gasteiger partial charge in [-0.15, -0.1) is 11.6 Å². The Morgan fingerprint density at radius 1 is 1.29 bits per heavy atom. The first-order valence-corrected chi connectivity index (χ1v) is 5.58. The molecule has 76 valence electrons. The van der Waals surface area contributed by atoms with E-state index in [9.17, 15) is 4.39 Å².